The molecule has 2 aromatic carbocycles. The standard InChI is InChI=1S/C25H33NO2S/c27-29(28,24-13-5-2-6-14-24)25(16-8-17-25)18-9-20-26-19-7-12-23(15-21-26)22-10-3-1-4-11-22/h1-6,10-11,13-14,23H,7-9,12,15-21H2. The Labute approximate surface area is 176 Å². The van der Waals surface area contributed by atoms with Gasteiger partial charge in [0.15, 0.2) is 9.84 Å². The van der Waals surface area contributed by atoms with Crippen molar-refractivity contribution < 1.29 is 8.42 Å². The lowest BCUT2D eigenvalue weighted by molar-refractivity contribution is 0.250. The van der Waals surface area contributed by atoms with E-state index < -0.39 is 14.6 Å². The van der Waals surface area contributed by atoms with E-state index in [0.29, 0.717) is 10.8 Å². The Morgan fingerprint density at radius 1 is 0.862 bits per heavy atom. The molecular formula is C25H33NO2S. The Morgan fingerprint density at radius 2 is 1.55 bits per heavy atom. The summed E-state index contributed by atoms with van der Waals surface area (Å²) in [6.07, 6.45) is 8.14. The van der Waals surface area contributed by atoms with E-state index in [-0.39, 0.29) is 0 Å². The van der Waals surface area contributed by atoms with Gasteiger partial charge in [0.1, 0.15) is 0 Å². The monoisotopic (exact) mass is 411 g/mol. The summed E-state index contributed by atoms with van der Waals surface area (Å²) in [5, 5.41) is 0. The molecule has 2 aliphatic rings. The molecule has 3 nitrogen and oxygen atoms in total. The lowest BCUT2D eigenvalue weighted by Crippen LogP contribution is -2.45. The van der Waals surface area contributed by atoms with Crippen molar-refractivity contribution in [2.45, 2.75) is 66.9 Å². The molecule has 1 aliphatic heterocycles. The van der Waals surface area contributed by atoms with Crippen LogP contribution in [0.5, 0.6) is 0 Å². The van der Waals surface area contributed by atoms with Gasteiger partial charge in [0, 0.05) is 0 Å². The molecule has 1 saturated heterocycles. The summed E-state index contributed by atoms with van der Waals surface area (Å²) in [5.41, 5.74) is 1.47. The summed E-state index contributed by atoms with van der Waals surface area (Å²) in [6, 6.07) is 20.0. The number of nitrogens with zero attached hydrogens (tertiary/aromatic N) is 1. The molecule has 4 heteroatoms. The number of likely N-dealkylation sites (tertiary alicyclic amines) is 1. The van der Waals surface area contributed by atoms with Crippen molar-refractivity contribution in [3.8, 4) is 0 Å². The molecule has 1 saturated carbocycles. The second-order valence-corrected chi connectivity index (χ2v) is 11.2. The first-order valence-electron chi connectivity index (χ1n) is 11.2. The van der Waals surface area contributed by atoms with Crippen LogP contribution >= 0.6 is 0 Å². The van der Waals surface area contributed by atoms with Gasteiger partial charge in [-0.05, 0) is 88.2 Å². The Morgan fingerprint density at radius 3 is 2.21 bits per heavy atom. The molecule has 0 radical (unpaired) electrons. The quantitative estimate of drug-likeness (QED) is 0.609. The maximum Gasteiger partial charge on any atom is 0.184 e. The second kappa shape index (κ2) is 9.01. The topological polar surface area (TPSA) is 37.4 Å². The minimum Gasteiger partial charge on any atom is -0.303 e. The van der Waals surface area contributed by atoms with Gasteiger partial charge in [0.25, 0.3) is 0 Å². The van der Waals surface area contributed by atoms with Gasteiger partial charge in [-0.1, -0.05) is 55.0 Å². The first-order valence-corrected chi connectivity index (χ1v) is 12.7. The van der Waals surface area contributed by atoms with Crippen molar-refractivity contribution in [2.75, 3.05) is 19.6 Å². The first kappa shape index (κ1) is 20.6. The van der Waals surface area contributed by atoms with Crippen LogP contribution < -0.4 is 0 Å². The minimum absolute atomic E-state index is 0.500. The molecule has 1 heterocycles. The van der Waals surface area contributed by atoms with Crippen LogP contribution in [0.15, 0.2) is 65.6 Å². The second-order valence-electron chi connectivity index (χ2n) is 8.84. The third-order valence-corrected chi connectivity index (χ3v) is 9.73. The zero-order valence-electron chi connectivity index (χ0n) is 17.3. The largest absolute Gasteiger partial charge is 0.303 e. The Hall–Kier alpha value is -1.65. The molecule has 4 rings (SSSR count). The molecule has 2 aromatic rings. The minimum atomic E-state index is -3.24. The van der Waals surface area contributed by atoms with E-state index in [1.807, 2.05) is 18.2 Å². The highest BCUT2D eigenvalue weighted by atomic mass is 32.2. The number of benzene rings is 2. The van der Waals surface area contributed by atoms with Crippen molar-refractivity contribution in [3.05, 3.63) is 66.2 Å². The van der Waals surface area contributed by atoms with Gasteiger partial charge in [-0.15, -0.1) is 0 Å². The summed E-state index contributed by atoms with van der Waals surface area (Å²) >= 11 is 0. The van der Waals surface area contributed by atoms with Gasteiger partial charge in [-0.3, -0.25) is 0 Å². The molecule has 0 spiro atoms. The average molecular weight is 412 g/mol. The van der Waals surface area contributed by atoms with Gasteiger partial charge in [-0.2, -0.15) is 0 Å². The molecule has 2 fully saturated rings. The van der Waals surface area contributed by atoms with Crippen LogP contribution in [0.3, 0.4) is 0 Å². The number of rotatable bonds is 7. The molecule has 0 aromatic heterocycles. The fourth-order valence-electron chi connectivity index (χ4n) is 5.14. The van der Waals surface area contributed by atoms with Crippen molar-refractivity contribution in [1.29, 1.82) is 0 Å². The van der Waals surface area contributed by atoms with Crippen LogP contribution in [0.1, 0.15) is 62.8 Å². The third-order valence-electron chi connectivity index (χ3n) is 7.09. The number of hydrogen-bond donors (Lipinski definition) is 0. The highest BCUT2D eigenvalue weighted by molar-refractivity contribution is 7.93. The Bertz CT molecular complexity index is 876. The van der Waals surface area contributed by atoms with Gasteiger partial charge < -0.3 is 4.90 Å². The van der Waals surface area contributed by atoms with Crippen LogP contribution in [-0.4, -0.2) is 37.7 Å². The summed E-state index contributed by atoms with van der Waals surface area (Å²) in [6.45, 7) is 3.29. The Balaban J connectivity index is 1.32. The maximum atomic E-state index is 13.3. The molecule has 0 amide bonds. The fraction of sp³-hybridized carbons (Fsp3) is 0.520. The van der Waals surface area contributed by atoms with Crippen LogP contribution in [0, 0.1) is 0 Å². The van der Waals surface area contributed by atoms with E-state index in [4.69, 9.17) is 0 Å². The maximum absolute atomic E-state index is 13.3. The molecule has 0 bridgehead atoms. The third kappa shape index (κ3) is 4.44. The van der Waals surface area contributed by atoms with Crippen LogP contribution in [0.2, 0.25) is 0 Å². The van der Waals surface area contributed by atoms with E-state index in [1.165, 1.54) is 24.8 Å². The van der Waals surface area contributed by atoms with Gasteiger partial charge in [0.2, 0.25) is 0 Å². The van der Waals surface area contributed by atoms with Crippen molar-refractivity contribution >= 4 is 9.84 Å². The lowest BCUT2D eigenvalue weighted by atomic mass is 9.81. The van der Waals surface area contributed by atoms with Crippen molar-refractivity contribution in [1.82, 2.24) is 4.90 Å². The molecule has 0 N–H and O–H groups in total. The normalized spacial score (nSPS) is 22.6. The van der Waals surface area contributed by atoms with Gasteiger partial charge in [0.05, 0.1) is 9.64 Å². The average Bonchev–Trinajstić information content (AvgIpc) is 2.97. The van der Waals surface area contributed by atoms with E-state index in [9.17, 15) is 8.42 Å². The number of hydrogen-bond acceptors (Lipinski definition) is 3. The van der Waals surface area contributed by atoms with Gasteiger partial charge >= 0.3 is 0 Å². The predicted molar refractivity (Wildman–Crippen MR) is 119 cm³/mol. The fourth-order valence-corrected chi connectivity index (χ4v) is 7.39. The van der Waals surface area contributed by atoms with E-state index in [0.717, 1.165) is 51.7 Å². The summed E-state index contributed by atoms with van der Waals surface area (Å²) in [4.78, 5) is 3.06. The lowest BCUT2D eigenvalue weighted by Gasteiger charge is -2.41. The van der Waals surface area contributed by atoms with Crippen molar-refractivity contribution in [3.63, 3.8) is 0 Å². The van der Waals surface area contributed by atoms with Crippen LogP contribution in [0.4, 0.5) is 0 Å². The smallest absolute Gasteiger partial charge is 0.184 e. The zero-order chi connectivity index (χ0) is 20.2. The molecular weight excluding hydrogens is 378 g/mol. The SMILES string of the molecule is O=S(=O)(c1ccccc1)C1(CCCN2CCCC(c3ccccc3)CC2)CCC1. The van der Waals surface area contributed by atoms with Gasteiger partial charge in [-0.25, -0.2) is 8.42 Å². The molecule has 156 valence electrons. The summed E-state index contributed by atoms with van der Waals surface area (Å²) < 4.78 is 26.0. The van der Waals surface area contributed by atoms with Crippen molar-refractivity contribution in [2.24, 2.45) is 0 Å². The highest BCUT2D eigenvalue weighted by Gasteiger charge is 2.48. The molecule has 1 atom stereocenters. The highest BCUT2D eigenvalue weighted by Crippen LogP contribution is 2.46. The Kier molecular flexibility index (Phi) is 6.41. The van der Waals surface area contributed by atoms with E-state index >= 15 is 0 Å². The van der Waals surface area contributed by atoms with Crippen LogP contribution in [0.25, 0.3) is 0 Å². The first-order chi connectivity index (χ1) is 14.1. The molecule has 1 unspecified atom stereocenters. The molecule has 1 aliphatic carbocycles. The summed E-state index contributed by atoms with van der Waals surface area (Å²) in [7, 11) is -3.24. The molecule has 29 heavy (non-hydrogen) atoms. The predicted octanol–water partition coefficient (Wildman–Crippen LogP) is 5.43. The van der Waals surface area contributed by atoms with E-state index in [2.05, 4.69) is 35.2 Å². The van der Waals surface area contributed by atoms with Crippen LogP contribution in [-0.2, 0) is 9.84 Å². The summed E-state index contributed by atoms with van der Waals surface area (Å²) in [5.74, 6) is 0.664. The van der Waals surface area contributed by atoms with E-state index in [1.54, 1.807) is 12.1 Å². The number of sulfone groups is 1. The zero-order valence-corrected chi connectivity index (χ0v) is 18.1.